The van der Waals surface area contributed by atoms with Crippen LogP contribution >= 0.6 is 0 Å². The van der Waals surface area contributed by atoms with Gasteiger partial charge in [-0.1, -0.05) is 32.0 Å². The van der Waals surface area contributed by atoms with E-state index in [9.17, 15) is 14.4 Å². The van der Waals surface area contributed by atoms with Crippen LogP contribution < -0.4 is 5.32 Å². The second kappa shape index (κ2) is 8.81. The van der Waals surface area contributed by atoms with Crippen LogP contribution in [-0.4, -0.2) is 47.4 Å². The minimum Gasteiger partial charge on any atom is -0.481 e. The maximum Gasteiger partial charge on any atom is 0.305 e. The average Bonchev–Trinajstić information content (AvgIpc) is 2.49. The Balaban J connectivity index is 2.55. The quantitative estimate of drug-likeness (QED) is 0.759. The number of hydrogen-bond donors (Lipinski definition) is 2. The molecule has 0 aromatic heterocycles. The van der Waals surface area contributed by atoms with Crippen molar-refractivity contribution >= 4 is 17.8 Å². The smallest absolute Gasteiger partial charge is 0.305 e. The highest BCUT2D eigenvalue weighted by atomic mass is 16.4. The second-order valence-corrected chi connectivity index (χ2v) is 5.43. The minimum absolute atomic E-state index is 0.106. The van der Waals surface area contributed by atoms with E-state index in [0.29, 0.717) is 12.1 Å². The molecule has 6 nitrogen and oxygen atoms in total. The third-order valence-electron chi connectivity index (χ3n) is 2.97. The summed E-state index contributed by atoms with van der Waals surface area (Å²) in [5.74, 6) is -1.33. The first kappa shape index (κ1) is 17.7. The van der Waals surface area contributed by atoms with Crippen molar-refractivity contribution < 1.29 is 19.5 Å². The van der Waals surface area contributed by atoms with Crippen LogP contribution in [-0.2, 0) is 9.59 Å². The summed E-state index contributed by atoms with van der Waals surface area (Å²) in [6.45, 7) is 4.37. The third-order valence-corrected chi connectivity index (χ3v) is 2.97. The summed E-state index contributed by atoms with van der Waals surface area (Å²) >= 11 is 0. The molecule has 1 aromatic rings. The topological polar surface area (TPSA) is 86.7 Å². The van der Waals surface area contributed by atoms with E-state index in [1.807, 2.05) is 13.8 Å². The Hall–Kier alpha value is -2.37. The SMILES string of the molecule is CC(C)CN(CCC(=O)O)C(=O)CNC(=O)c1ccccc1. The zero-order valence-electron chi connectivity index (χ0n) is 12.9. The minimum atomic E-state index is -0.949. The molecule has 0 bridgehead atoms. The van der Waals surface area contributed by atoms with Crippen LogP contribution in [0.3, 0.4) is 0 Å². The van der Waals surface area contributed by atoms with Crippen molar-refractivity contribution in [2.45, 2.75) is 20.3 Å². The number of nitrogens with zero attached hydrogens (tertiary/aromatic N) is 1. The lowest BCUT2D eigenvalue weighted by atomic mass is 10.2. The fourth-order valence-corrected chi connectivity index (χ4v) is 1.95. The van der Waals surface area contributed by atoms with Gasteiger partial charge in [-0.3, -0.25) is 14.4 Å². The lowest BCUT2D eigenvalue weighted by Crippen LogP contribution is -2.42. The number of carboxylic acid groups (broad SMARTS) is 1. The van der Waals surface area contributed by atoms with Gasteiger partial charge in [0.1, 0.15) is 0 Å². The molecule has 120 valence electrons. The van der Waals surface area contributed by atoms with Gasteiger partial charge >= 0.3 is 5.97 Å². The molecule has 1 rings (SSSR count). The number of carbonyl (C=O) groups excluding carboxylic acids is 2. The van der Waals surface area contributed by atoms with Gasteiger partial charge in [0.05, 0.1) is 13.0 Å². The number of carbonyl (C=O) groups is 3. The number of nitrogens with one attached hydrogen (secondary N) is 1. The highest BCUT2D eigenvalue weighted by Crippen LogP contribution is 2.02. The number of rotatable bonds is 8. The molecule has 0 heterocycles. The summed E-state index contributed by atoms with van der Waals surface area (Å²) in [5, 5.41) is 11.3. The molecule has 0 spiro atoms. The molecule has 0 unspecified atom stereocenters. The van der Waals surface area contributed by atoms with Crippen LogP contribution in [0.25, 0.3) is 0 Å². The van der Waals surface area contributed by atoms with E-state index in [-0.39, 0.29) is 37.2 Å². The summed E-state index contributed by atoms with van der Waals surface area (Å²) < 4.78 is 0. The molecular formula is C16H22N2O4. The molecule has 6 heteroatoms. The van der Waals surface area contributed by atoms with Crippen molar-refractivity contribution in [1.29, 1.82) is 0 Å². The predicted molar refractivity (Wildman–Crippen MR) is 82.4 cm³/mol. The summed E-state index contributed by atoms with van der Waals surface area (Å²) in [6, 6.07) is 8.62. The fraction of sp³-hybridized carbons (Fsp3) is 0.438. The molecule has 0 aliphatic heterocycles. The van der Waals surface area contributed by atoms with Gasteiger partial charge in [0.15, 0.2) is 0 Å². The number of aliphatic carboxylic acids is 1. The third kappa shape index (κ3) is 6.39. The van der Waals surface area contributed by atoms with E-state index in [2.05, 4.69) is 5.32 Å². The zero-order valence-corrected chi connectivity index (χ0v) is 12.9. The lowest BCUT2D eigenvalue weighted by Gasteiger charge is -2.24. The Morgan fingerprint density at radius 2 is 1.82 bits per heavy atom. The van der Waals surface area contributed by atoms with Gasteiger partial charge < -0.3 is 15.3 Å². The van der Waals surface area contributed by atoms with Crippen LogP contribution in [0.4, 0.5) is 0 Å². The van der Waals surface area contributed by atoms with Crippen molar-refractivity contribution in [1.82, 2.24) is 10.2 Å². The van der Waals surface area contributed by atoms with Gasteiger partial charge in [-0.2, -0.15) is 0 Å². The Morgan fingerprint density at radius 1 is 1.18 bits per heavy atom. The van der Waals surface area contributed by atoms with E-state index in [0.717, 1.165) is 0 Å². The van der Waals surface area contributed by atoms with Crippen LogP contribution in [0, 0.1) is 5.92 Å². The molecule has 0 radical (unpaired) electrons. The largest absolute Gasteiger partial charge is 0.481 e. The van der Waals surface area contributed by atoms with Crippen molar-refractivity contribution in [2.24, 2.45) is 5.92 Å². The van der Waals surface area contributed by atoms with Crippen LogP contribution in [0.1, 0.15) is 30.6 Å². The van der Waals surface area contributed by atoms with Gasteiger partial charge in [-0.05, 0) is 18.1 Å². The molecule has 0 saturated heterocycles. The van der Waals surface area contributed by atoms with Crippen molar-refractivity contribution in [3.63, 3.8) is 0 Å². The monoisotopic (exact) mass is 306 g/mol. The lowest BCUT2D eigenvalue weighted by molar-refractivity contribution is -0.138. The molecule has 0 saturated carbocycles. The maximum atomic E-state index is 12.1. The summed E-state index contributed by atoms with van der Waals surface area (Å²) in [4.78, 5) is 36.2. The standard InChI is InChI=1S/C16H22N2O4/c1-12(2)11-18(9-8-15(20)21)14(19)10-17-16(22)13-6-4-3-5-7-13/h3-7,12H,8-11H2,1-2H3,(H,17,22)(H,20,21). The highest BCUT2D eigenvalue weighted by molar-refractivity contribution is 5.96. The van der Waals surface area contributed by atoms with E-state index in [1.165, 1.54) is 4.90 Å². The molecule has 0 atom stereocenters. The molecule has 2 amide bonds. The van der Waals surface area contributed by atoms with Crippen LogP contribution in [0.2, 0.25) is 0 Å². The van der Waals surface area contributed by atoms with Gasteiger partial charge in [0.2, 0.25) is 5.91 Å². The molecule has 0 aliphatic carbocycles. The van der Waals surface area contributed by atoms with E-state index in [1.54, 1.807) is 30.3 Å². The van der Waals surface area contributed by atoms with Gasteiger partial charge in [-0.25, -0.2) is 0 Å². The Morgan fingerprint density at radius 3 is 2.36 bits per heavy atom. The van der Waals surface area contributed by atoms with Gasteiger partial charge in [-0.15, -0.1) is 0 Å². The normalized spacial score (nSPS) is 10.3. The van der Waals surface area contributed by atoms with Crippen LogP contribution in [0.5, 0.6) is 0 Å². The first-order valence-electron chi connectivity index (χ1n) is 7.23. The zero-order chi connectivity index (χ0) is 16.5. The van der Waals surface area contributed by atoms with E-state index in [4.69, 9.17) is 5.11 Å². The molecule has 22 heavy (non-hydrogen) atoms. The number of hydrogen-bond acceptors (Lipinski definition) is 3. The maximum absolute atomic E-state index is 12.1. The molecule has 2 N–H and O–H groups in total. The van der Waals surface area contributed by atoms with Crippen molar-refractivity contribution in [3.8, 4) is 0 Å². The highest BCUT2D eigenvalue weighted by Gasteiger charge is 2.17. The second-order valence-electron chi connectivity index (χ2n) is 5.43. The Kier molecular flexibility index (Phi) is 7.08. The summed E-state index contributed by atoms with van der Waals surface area (Å²) in [7, 11) is 0. The average molecular weight is 306 g/mol. The van der Waals surface area contributed by atoms with Gasteiger partial charge in [0, 0.05) is 18.7 Å². The number of benzene rings is 1. The molecular weight excluding hydrogens is 284 g/mol. The van der Waals surface area contributed by atoms with Crippen molar-refractivity contribution in [2.75, 3.05) is 19.6 Å². The van der Waals surface area contributed by atoms with Crippen molar-refractivity contribution in [3.05, 3.63) is 35.9 Å². The molecule has 0 fully saturated rings. The predicted octanol–water partition coefficient (Wildman–Crippen LogP) is 1.38. The summed E-state index contributed by atoms with van der Waals surface area (Å²) in [5.41, 5.74) is 0.483. The fourth-order valence-electron chi connectivity index (χ4n) is 1.95. The Bertz CT molecular complexity index is 514. The first-order chi connectivity index (χ1) is 10.4. The van der Waals surface area contributed by atoms with Crippen LogP contribution in [0.15, 0.2) is 30.3 Å². The van der Waals surface area contributed by atoms with Gasteiger partial charge in [0.25, 0.3) is 5.91 Å². The molecule has 0 aliphatic rings. The summed E-state index contributed by atoms with van der Waals surface area (Å²) in [6.07, 6.45) is -0.106. The number of amides is 2. The van der Waals surface area contributed by atoms with E-state index >= 15 is 0 Å². The number of carboxylic acids is 1. The Labute approximate surface area is 130 Å². The first-order valence-corrected chi connectivity index (χ1v) is 7.23. The van der Waals surface area contributed by atoms with E-state index < -0.39 is 5.97 Å². The molecule has 1 aromatic carbocycles.